The maximum absolute atomic E-state index is 13.9. The highest BCUT2D eigenvalue weighted by molar-refractivity contribution is 5.80. The number of rotatable bonds is 8. The zero-order chi connectivity index (χ0) is 22.2. The van der Waals surface area contributed by atoms with Gasteiger partial charge in [0.25, 0.3) is 0 Å². The molecule has 0 spiro atoms. The first-order valence-corrected chi connectivity index (χ1v) is 10.9. The molecule has 8 nitrogen and oxygen atoms in total. The van der Waals surface area contributed by atoms with E-state index in [1.165, 1.54) is 7.11 Å². The fourth-order valence-electron chi connectivity index (χ4n) is 3.47. The molecule has 1 aliphatic rings. The number of nitrogens with zero attached hydrogens (tertiary/aromatic N) is 5. The molecule has 9 heteroatoms. The average Bonchev–Trinajstić information content (AvgIpc) is 3.23. The standard InChI is InChI=1S/C22H33FN6O2/c1-5-24-22(25-9-8-20-26-21(16(2)3)27-31-20)29-12-10-28(11-13-29)15-17-6-7-19(30-4)18(23)14-17/h6-7,14,16H,5,8-13,15H2,1-4H3,(H,24,25). The Hall–Kier alpha value is -2.68. The van der Waals surface area contributed by atoms with Crippen LogP contribution in [0.15, 0.2) is 27.7 Å². The van der Waals surface area contributed by atoms with Crippen LogP contribution in [0.2, 0.25) is 0 Å². The molecule has 0 radical (unpaired) electrons. The smallest absolute Gasteiger partial charge is 0.228 e. The van der Waals surface area contributed by atoms with Crippen LogP contribution in [0.3, 0.4) is 0 Å². The summed E-state index contributed by atoms with van der Waals surface area (Å²) in [6.07, 6.45) is 0.623. The zero-order valence-corrected chi connectivity index (χ0v) is 18.9. The summed E-state index contributed by atoms with van der Waals surface area (Å²) in [5.41, 5.74) is 0.952. The van der Waals surface area contributed by atoms with Gasteiger partial charge in [0.05, 0.1) is 13.7 Å². The van der Waals surface area contributed by atoms with Gasteiger partial charge in [-0.3, -0.25) is 9.89 Å². The van der Waals surface area contributed by atoms with E-state index < -0.39 is 0 Å². The Kier molecular flexibility index (Phi) is 8.22. The number of aliphatic imine (C=N–C) groups is 1. The summed E-state index contributed by atoms with van der Waals surface area (Å²) >= 11 is 0. The predicted molar refractivity (Wildman–Crippen MR) is 118 cm³/mol. The summed E-state index contributed by atoms with van der Waals surface area (Å²) in [5.74, 6) is 2.48. The lowest BCUT2D eigenvalue weighted by Crippen LogP contribution is -2.52. The Morgan fingerprint density at radius 2 is 2.06 bits per heavy atom. The highest BCUT2D eigenvalue weighted by atomic mass is 19.1. The number of nitrogens with one attached hydrogen (secondary N) is 1. The number of halogens is 1. The van der Waals surface area contributed by atoms with Gasteiger partial charge in [-0.25, -0.2) is 4.39 Å². The molecule has 1 aliphatic heterocycles. The number of methoxy groups -OCH3 is 1. The van der Waals surface area contributed by atoms with Crippen molar-refractivity contribution in [3.05, 3.63) is 41.3 Å². The monoisotopic (exact) mass is 432 g/mol. The Labute approximate surface area is 183 Å². The number of benzene rings is 1. The van der Waals surface area contributed by atoms with Gasteiger partial charge in [-0.1, -0.05) is 25.1 Å². The first-order valence-electron chi connectivity index (χ1n) is 10.9. The second-order valence-electron chi connectivity index (χ2n) is 7.92. The lowest BCUT2D eigenvalue weighted by Gasteiger charge is -2.36. The van der Waals surface area contributed by atoms with Gasteiger partial charge in [0.1, 0.15) is 0 Å². The Balaban J connectivity index is 1.51. The van der Waals surface area contributed by atoms with Crippen LogP contribution in [0.1, 0.15) is 44.0 Å². The zero-order valence-electron chi connectivity index (χ0n) is 18.9. The van der Waals surface area contributed by atoms with Crippen molar-refractivity contribution in [1.29, 1.82) is 0 Å². The molecular formula is C22H33FN6O2. The average molecular weight is 433 g/mol. The lowest BCUT2D eigenvalue weighted by molar-refractivity contribution is 0.172. The van der Waals surface area contributed by atoms with E-state index in [4.69, 9.17) is 14.3 Å². The maximum atomic E-state index is 13.9. The molecule has 1 N–H and O–H groups in total. The highest BCUT2D eigenvalue weighted by Gasteiger charge is 2.20. The van der Waals surface area contributed by atoms with E-state index >= 15 is 0 Å². The van der Waals surface area contributed by atoms with Crippen molar-refractivity contribution in [1.82, 2.24) is 25.3 Å². The number of ether oxygens (including phenoxy) is 1. The van der Waals surface area contributed by atoms with Gasteiger partial charge >= 0.3 is 0 Å². The lowest BCUT2D eigenvalue weighted by atomic mass is 10.2. The highest BCUT2D eigenvalue weighted by Crippen LogP contribution is 2.19. The van der Waals surface area contributed by atoms with Crippen molar-refractivity contribution >= 4 is 5.96 Å². The number of piperazine rings is 1. The number of guanidine groups is 1. The van der Waals surface area contributed by atoms with Crippen LogP contribution in [-0.2, 0) is 13.0 Å². The molecule has 0 atom stereocenters. The van der Waals surface area contributed by atoms with Crippen molar-refractivity contribution < 1.29 is 13.7 Å². The molecule has 3 rings (SSSR count). The van der Waals surface area contributed by atoms with Gasteiger partial charge in [0.15, 0.2) is 23.4 Å². The molecule has 2 aromatic rings. The van der Waals surface area contributed by atoms with Crippen molar-refractivity contribution in [2.45, 2.75) is 39.7 Å². The van der Waals surface area contributed by atoms with Crippen LogP contribution in [0.5, 0.6) is 5.75 Å². The van der Waals surface area contributed by atoms with Gasteiger partial charge in [-0.2, -0.15) is 4.98 Å². The molecule has 1 aromatic heterocycles. The predicted octanol–water partition coefficient (Wildman–Crippen LogP) is 2.67. The minimum absolute atomic E-state index is 0.254. The van der Waals surface area contributed by atoms with Crippen LogP contribution in [0.4, 0.5) is 4.39 Å². The third-order valence-corrected chi connectivity index (χ3v) is 5.22. The fraction of sp³-hybridized carbons (Fsp3) is 0.591. The third-order valence-electron chi connectivity index (χ3n) is 5.22. The molecule has 0 saturated carbocycles. The van der Waals surface area contributed by atoms with Crippen molar-refractivity contribution in [3.8, 4) is 5.75 Å². The van der Waals surface area contributed by atoms with E-state index in [0.717, 1.165) is 56.6 Å². The first kappa shape index (κ1) is 23.0. The van der Waals surface area contributed by atoms with Crippen molar-refractivity contribution in [2.24, 2.45) is 4.99 Å². The first-order chi connectivity index (χ1) is 15.0. The van der Waals surface area contributed by atoms with Gasteiger partial charge in [0, 0.05) is 51.6 Å². The molecule has 1 fully saturated rings. The van der Waals surface area contributed by atoms with E-state index in [9.17, 15) is 4.39 Å². The molecule has 2 heterocycles. The van der Waals surface area contributed by atoms with Crippen molar-refractivity contribution in [3.63, 3.8) is 0 Å². The molecule has 0 bridgehead atoms. The maximum Gasteiger partial charge on any atom is 0.228 e. The molecule has 0 unspecified atom stereocenters. The Bertz CT molecular complexity index is 861. The molecule has 0 amide bonds. The van der Waals surface area contributed by atoms with Crippen LogP contribution < -0.4 is 10.1 Å². The number of hydrogen-bond acceptors (Lipinski definition) is 6. The number of hydrogen-bond donors (Lipinski definition) is 1. The van der Waals surface area contributed by atoms with Crippen LogP contribution in [0.25, 0.3) is 0 Å². The second-order valence-corrected chi connectivity index (χ2v) is 7.92. The van der Waals surface area contributed by atoms with Gasteiger partial charge < -0.3 is 19.5 Å². The minimum atomic E-state index is -0.318. The van der Waals surface area contributed by atoms with Crippen LogP contribution in [-0.4, -0.2) is 72.3 Å². The van der Waals surface area contributed by atoms with Crippen LogP contribution >= 0.6 is 0 Å². The van der Waals surface area contributed by atoms with E-state index in [2.05, 4.69) is 32.2 Å². The normalized spacial score (nSPS) is 15.5. The summed E-state index contributed by atoms with van der Waals surface area (Å²) in [6, 6.07) is 5.16. The van der Waals surface area contributed by atoms with Gasteiger partial charge in [-0.15, -0.1) is 0 Å². The Morgan fingerprint density at radius 1 is 1.29 bits per heavy atom. The molecule has 31 heavy (non-hydrogen) atoms. The molecule has 0 aliphatic carbocycles. The van der Waals surface area contributed by atoms with Crippen LogP contribution in [0, 0.1) is 5.82 Å². The molecular weight excluding hydrogens is 399 g/mol. The summed E-state index contributed by atoms with van der Waals surface area (Å²) in [6.45, 7) is 11.8. The SMILES string of the molecule is CCNC(=NCCc1nc(C(C)C)no1)N1CCN(Cc2ccc(OC)c(F)c2)CC1. The second kappa shape index (κ2) is 11.1. The summed E-state index contributed by atoms with van der Waals surface area (Å²) in [7, 11) is 1.48. The molecule has 170 valence electrons. The topological polar surface area (TPSA) is 79.0 Å². The largest absolute Gasteiger partial charge is 0.494 e. The fourth-order valence-corrected chi connectivity index (χ4v) is 3.47. The van der Waals surface area contributed by atoms with Crippen molar-refractivity contribution in [2.75, 3.05) is 46.4 Å². The Morgan fingerprint density at radius 3 is 2.68 bits per heavy atom. The van der Waals surface area contributed by atoms with E-state index in [0.29, 0.717) is 18.9 Å². The summed E-state index contributed by atoms with van der Waals surface area (Å²) < 4.78 is 24.2. The quantitative estimate of drug-likeness (QED) is 0.507. The minimum Gasteiger partial charge on any atom is -0.494 e. The summed E-state index contributed by atoms with van der Waals surface area (Å²) in [4.78, 5) is 13.8. The summed E-state index contributed by atoms with van der Waals surface area (Å²) in [5, 5.41) is 7.37. The van der Waals surface area contributed by atoms with E-state index in [1.807, 2.05) is 19.9 Å². The van der Waals surface area contributed by atoms with E-state index in [-0.39, 0.29) is 17.5 Å². The van der Waals surface area contributed by atoms with Gasteiger partial charge in [-0.05, 0) is 24.6 Å². The third kappa shape index (κ3) is 6.40. The van der Waals surface area contributed by atoms with Gasteiger partial charge in [0.2, 0.25) is 5.89 Å². The number of aromatic nitrogens is 2. The van der Waals surface area contributed by atoms with E-state index in [1.54, 1.807) is 12.1 Å². The molecule has 1 aromatic carbocycles. The molecule has 1 saturated heterocycles.